The Hall–Kier alpha value is -4.36. The number of phenolic OH excluding ortho intramolecular Hbond substituents is 1. The van der Waals surface area contributed by atoms with Gasteiger partial charge in [-0.05, 0) is 55.7 Å². The molecule has 5 amide bonds. The number of benzene rings is 1. The summed E-state index contributed by atoms with van der Waals surface area (Å²) in [5.41, 5.74) is 17.0. The lowest BCUT2D eigenvalue weighted by Crippen LogP contribution is -2.78. The topological polar surface area (TPSA) is 237 Å². The highest BCUT2D eigenvalue weighted by molar-refractivity contribution is 5.96. The van der Waals surface area contributed by atoms with E-state index in [1.165, 1.54) is 30.4 Å². The lowest BCUT2D eigenvalue weighted by atomic mass is 9.84. The number of likely N-dealkylation sites (tertiary alicyclic amines) is 1. The molecule has 11 N–H and O–H groups in total. The van der Waals surface area contributed by atoms with Gasteiger partial charge in [0.15, 0.2) is 0 Å². The summed E-state index contributed by atoms with van der Waals surface area (Å²) in [5, 5.41) is 17.9. The van der Waals surface area contributed by atoms with Crippen LogP contribution in [0.2, 0.25) is 0 Å². The number of carbonyl (C=O) groups excluding carboxylic acids is 5. The van der Waals surface area contributed by atoms with Gasteiger partial charge in [-0.1, -0.05) is 44.2 Å². The molecule has 4 atom stereocenters. The number of aromatic hydroxyl groups is 1. The summed E-state index contributed by atoms with van der Waals surface area (Å²) >= 11 is 0. The van der Waals surface area contributed by atoms with Gasteiger partial charge in [-0.15, -0.1) is 0 Å². The van der Waals surface area contributed by atoms with Crippen molar-refractivity contribution < 1.29 is 34.1 Å². The smallest absolute Gasteiger partial charge is 0.338 e. The number of nitrogens with two attached hydrogens (primary N) is 3. The van der Waals surface area contributed by atoms with Gasteiger partial charge >= 0.3 is 5.96 Å². The molecule has 1 saturated carbocycles. The fourth-order valence-corrected chi connectivity index (χ4v) is 5.96. The third kappa shape index (κ3) is 11.3. The highest BCUT2D eigenvalue weighted by Gasteiger charge is 2.42. The predicted octanol–water partition coefficient (Wildman–Crippen LogP) is -2.01. The Balaban J connectivity index is 1.69. The Bertz CT molecular complexity index is 1210. The fourth-order valence-electron chi connectivity index (χ4n) is 5.96. The number of hydrogen-bond acceptors (Lipinski definition) is 6. The van der Waals surface area contributed by atoms with Crippen molar-refractivity contribution in [3.8, 4) is 5.75 Å². The van der Waals surface area contributed by atoms with Crippen molar-refractivity contribution in [2.45, 2.75) is 102 Å². The van der Waals surface area contributed by atoms with Crippen LogP contribution in [0.3, 0.4) is 0 Å². The van der Waals surface area contributed by atoms with Crippen LogP contribution in [0.25, 0.3) is 0 Å². The molecule has 3 rings (SSSR count). The van der Waals surface area contributed by atoms with Gasteiger partial charge in [-0.3, -0.25) is 40.4 Å². The molecule has 1 aliphatic heterocycles. The predicted molar refractivity (Wildman–Crippen MR) is 167 cm³/mol. The zero-order chi connectivity index (χ0) is 32.9. The van der Waals surface area contributed by atoms with E-state index >= 15 is 0 Å². The van der Waals surface area contributed by atoms with Gasteiger partial charge in [0.05, 0.1) is 6.54 Å². The molecule has 4 unspecified atom stereocenters. The molecule has 14 nitrogen and oxygen atoms in total. The summed E-state index contributed by atoms with van der Waals surface area (Å²) in [5.74, 6) is -1.98. The van der Waals surface area contributed by atoms with E-state index in [0.717, 1.165) is 25.7 Å². The van der Waals surface area contributed by atoms with Crippen LogP contribution in [0, 0.1) is 5.92 Å². The van der Waals surface area contributed by atoms with Gasteiger partial charge in [0, 0.05) is 19.9 Å². The highest BCUT2D eigenvalue weighted by Crippen LogP contribution is 2.29. The Morgan fingerprint density at radius 3 is 2.18 bits per heavy atom. The molecule has 2 aliphatic rings. The number of nitrogens with one attached hydrogen (secondary N) is 4. The fraction of sp³-hybridized carbons (Fsp3) is 0.613. The number of carbonyl (C=O) groups is 5. The first-order valence-electron chi connectivity index (χ1n) is 15.8. The molecule has 1 saturated heterocycles. The summed E-state index contributed by atoms with van der Waals surface area (Å²) in [4.78, 5) is 68.9. The van der Waals surface area contributed by atoms with E-state index in [2.05, 4.69) is 20.9 Å². The summed E-state index contributed by atoms with van der Waals surface area (Å²) in [6.45, 7) is 2.22. The molecule has 1 heterocycles. The normalized spacial score (nSPS) is 18.4. The van der Waals surface area contributed by atoms with Crippen molar-refractivity contribution in [1.82, 2.24) is 20.9 Å². The summed E-state index contributed by atoms with van der Waals surface area (Å²) in [6.07, 6.45) is 7.80. The maximum Gasteiger partial charge on any atom is 0.338 e. The van der Waals surface area contributed by atoms with E-state index in [1.807, 2.05) is 0 Å². The number of phenols is 1. The minimum absolute atomic E-state index is 0.0478. The monoisotopic (exact) mass is 629 g/mol. The number of amides is 5. The largest absolute Gasteiger partial charge is 0.508 e. The van der Waals surface area contributed by atoms with Crippen LogP contribution in [0.5, 0.6) is 5.75 Å². The molecule has 45 heavy (non-hydrogen) atoms. The number of hydrogen-bond donors (Lipinski definition) is 8. The van der Waals surface area contributed by atoms with Crippen molar-refractivity contribution in [1.29, 1.82) is 0 Å². The summed E-state index contributed by atoms with van der Waals surface area (Å²) in [6, 6.07) is 2.60. The Morgan fingerprint density at radius 2 is 1.60 bits per heavy atom. The molecule has 0 aromatic heterocycles. The number of nitrogens with zero attached hydrogens (tertiary/aromatic N) is 1. The highest BCUT2D eigenvalue weighted by atomic mass is 16.3. The van der Waals surface area contributed by atoms with Gasteiger partial charge in [-0.2, -0.15) is 0 Å². The van der Waals surface area contributed by atoms with E-state index in [0.29, 0.717) is 50.3 Å². The summed E-state index contributed by atoms with van der Waals surface area (Å²) < 4.78 is 0. The second kappa shape index (κ2) is 17.2. The Morgan fingerprint density at radius 1 is 0.911 bits per heavy atom. The molecular weight excluding hydrogens is 580 g/mol. The average Bonchev–Trinajstić information content (AvgIpc) is 2.96. The van der Waals surface area contributed by atoms with Gasteiger partial charge in [0.25, 0.3) is 0 Å². The molecule has 0 spiro atoms. The quantitative estimate of drug-likeness (QED) is 0.0576. The maximum absolute atomic E-state index is 13.6. The molecule has 2 fully saturated rings. The van der Waals surface area contributed by atoms with Crippen LogP contribution in [0.1, 0.15) is 76.7 Å². The molecule has 14 heteroatoms. The van der Waals surface area contributed by atoms with Crippen molar-refractivity contribution in [3.05, 3.63) is 29.8 Å². The van der Waals surface area contributed by atoms with Gasteiger partial charge in [0.2, 0.25) is 29.5 Å². The molecule has 0 radical (unpaired) electrons. The number of rotatable bonds is 16. The van der Waals surface area contributed by atoms with Crippen LogP contribution in [-0.2, 0) is 30.4 Å². The number of guanidine groups is 1. The average molecular weight is 630 g/mol. The molecule has 1 aromatic carbocycles. The third-order valence-electron chi connectivity index (χ3n) is 8.49. The van der Waals surface area contributed by atoms with Crippen molar-refractivity contribution in [3.63, 3.8) is 0 Å². The molecule has 1 aromatic rings. The SMILES string of the molecule is CC(=O)NC(CC1CCCCC1)C(=O)N1CCC1C(=O)NC(Cc1ccc(O)cc1)C(=O)NC(CCCC[NH+]=C(N)N)C(N)=O. The molecule has 0 bridgehead atoms. The van der Waals surface area contributed by atoms with E-state index < -0.39 is 41.9 Å². The second-order valence-corrected chi connectivity index (χ2v) is 12.1. The first-order chi connectivity index (χ1) is 21.4. The second-order valence-electron chi connectivity index (χ2n) is 12.1. The summed E-state index contributed by atoms with van der Waals surface area (Å²) in [7, 11) is 0. The number of primary amides is 1. The van der Waals surface area contributed by atoms with Crippen LogP contribution in [0.15, 0.2) is 24.3 Å². The van der Waals surface area contributed by atoms with Crippen LogP contribution in [0.4, 0.5) is 0 Å². The maximum atomic E-state index is 13.6. The zero-order valence-corrected chi connectivity index (χ0v) is 26.1. The number of unbranched alkanes of at least 4 members (excludes halogenated alkanes) is 1. The zero-order valence-electron chi connectivity index (χ0n) is 26.1. The first-order valence-corrected chi connectivity index (χ1v) is 15.8. The molecule has 248 valence electrons. The molecular formula is C31H49N8O6+. The lowest BCUT2D eigenvalue weighted by molar-refractivity contribution is -0.459. The van der Waals surface area contributed by atoms with Gasteiger partial charge in [-0.25, -0.2) is 0 Å². The van der Waals surface area contributed by atoms with Gasteiger partial charge in [0.1, 0.15) is 29.9 Å². The van der Waals surface area contributed by atoms with Crippen molar-refractivity contribution in [2.24, 2.45) is 23.1 Å². The van der Waals surface area contributed by atoms with E-state index in [9.17, 15) is 29.1 Å². The van der Waals surface area contributed by atoms with E-state index in [-0.39, 0.29) is 36.4 Å². The van der Waals surface area contributed by atoms with Crippen LogP contribution >= 0.6 is 0 Å². The van der Waals surface area contributed by atoms with E-state index in [4.69, 9.17) is 17.2 Å². The Labute approximate surface area is 263 Å². The minimum Gasteiger partial charge on any atom is -0.508 e. The van der Waals surface area contributed by atoms with Crippen LogP contribution in [-0.4, -0.2) is 82.8 Å². The molecule has 1 aliphatic carbocycles. The van der Waals surface area contributed by atoms with E-state index in [1.54, 1.807) is 12.1 Å². The standard InChI is InChI=1S/C31H48N8O6/c1-19(40)36-25(18-20-7-3-2-4-8-20)30(45)39-16-14-26(39)29(44)38-24(17-21-10-12-22(41)13-11-21)28(43)37-23(27(32)42)9-5-6-15-35-31(33)34/h10-13,20,23-26,41H,2-9,14-18H2,1H3,(H2,32,42)(H,36,40)(H,37,43)(H,38,44)(H4,33,34,35)/p+1. The first kappa shape index (κ1) is 35.1. The van der Waals surface area contributed by atoms with Crippen LogP contribution < -0.4 is 38.1 Å². The van der Waals surface area contributed by atoms with Gasteiger partial charge < -0.3 is 31.7 Å². The lowest BCUT2D eigenvalue weighted by Gasteiger charge is -2.42. The van der Waals surface area contributed by atoms with Crippen molar-refractivity contribution >= 4 is 35.5 Å². The van der Waals surface area contributed by atoms with Crippen molar-refractivity contribution in [2.75, 3.05) is 13.1 Å². The Kier molecular flexibility index (Phi) is 13.4. The third-order valence-corrected chi connectivity index (χ3v) is 8.49. The minimum atomic E-state index is -1.09.